The van der Waals surface area contributed by atoms with Crippen LogP contribution in [-0.4, -0.2) is 20.7 Å². The van der Waals surface area contributed by atoms with Crippen molar-refractivity contribution in [3.63, 3.8) is 0 Å². The Morgan fingerprint density at radius 3 is 1.33 bits per heavy atom. The first-order valence-corrected chi connectivity index (χ1v) is 8.83. The van der Waals surface area contributed by atoms with E-state index in [0.717, 1.165) is 12.8 Å². The Bertz CT molecular complexity index is 180. The van der Waals surface area contributed by atoms with Crippen LogP contribution in [0.5, 0.6) is 0 Å². The quantitative estimate of drug-likeness (QED) is 0.319. The van der Waals surface area contributed by atoms with Gasteiger partial charge < -0.3 is 0 Å². The number of carbonyl (C=O) groups is 1. The van der Waals surface area contributed by atoms with Crippen LogP contribution >= 0.6 is 0 Å². The second-order valence-corrected chi connectivity index (χ2v) is 6.32. The van der Waals surface area contributed by atoms with Crippen LogP contribution in [0.2, 0.25) is 0 Å². The summed E-state index contributed by atoms with van der Waals surface area (Å²) in [5, 5.41) is 0. The van der Waals surface area contributed by atoms with Crippen molar-refractivity contribution in [1.82, 2.24) is 0 Å². The monoisotopic (exact) mass is 319 g/mol. The average molecular weight is 318 g/mol. The van der Waals surface area contributed by atoms with Gasteiger partial charge in [-0.05, 0) is 0 Å². The van der Waals surface area contributed by atoms with Crippen LogP contribution < -0.4 is 0 Å². The van der Waals surface area contributed by atoms with E-state index in [-0.39, 0.29) is 4.68 Å². The van der Waals surface area contributed by atoms with Gasteiger partial charge in [0.2, 0.25) is 0 Å². The van der Waals surface area contributed by atoms with E-state index in [0.29, 0.717) is 0 Å². The first-order chi connectivity index (χ1) is 8.77. The molecule has 0 heterocycles. The summed E-state index contributed by atoms with van der Waals surface area (Å²) in [6.07, 6.45) is 18.4. The molecule has 0 unspecified atom stereocenters. The van der Waals surface area contributed by atoms with Gasteiger partial charge in [0.25, 0.3) is 0 Å². The molecule has 0 amide bonds. The van der Waals surface area contributed by atoms with E-state index in [2.05, 4.69) is 22.9 Å². The van der Waals surface area contributed by atoms with E-state index < -0.39 is 0 Å². The molecule has 2 heteroatoms. The van der Waals surface area contributed by atoms with E-state index in [1.807, 2.05) is 0 Å². The van der Waals surface area contributed by atoms with Gasteiger partial charge in [-0.25, -0.2) is 0 Å². The molecule has 0 saturated carbocycles. The van der Waals surface area contributed by atoms with E-state index in [1.54, 1.807) is 0 Å². The van der Waals surface area contributed by atoms with Gasteiger partial charge in [-0.15, -0.1) is 0 Å². The van der Waals surface area contributed by atoms with Crippen molar-refractivity contribution in [2.24, 2.45) is 0 Å². The molecule has 108 valence electrons. The molecule has 0 N–H and O–H groups in total. The fraction of sp³-hybridized carbons (Fsp3) is 0.938. The Balaban J connectivity index is 2.92. The number of carbonyl (C=O) groups excluding carboxylic acids is 1. The summed E-state index contributed by atoms with van der Waals surface area (Å²) in [5.41, 5.74) is 0. The van der Waals surface area contributed by atoms with Crippen molar-refractivity contribution in [3.05, 3.63) is 0 Å². The predicted octanol–water partition coefficient (Wildman–Crippen LogP) is 5.16. The van der Waals surface area contributed by atoms with Crippen molar-refractivity contribution >= 4 is 20.7 Å². The zero-order valence-corrected chi connectivity index (χ0v) is 13.9. The van der Waals surface area contributed by atoms with Crippen LogP contribution in [0.3, 0.4) is 0 Å². The maximum absolute atomic E-state index is 10.7. The SMILES string of the molecule is CCCCCCCCCCCCCCCC(=O)[Se-]. The van der Waals surface area contributed by atoms with Crippen molar-refractivity contribution in [2.45, 2.75) is 96.8 Å². The van der Waals surface area contributed by atoms with Gasteiger partial charge in [-0.2, -0.15) is 0 Å². The van der Waals surface area contributed by atoms with Crippen LogP contribution in [0.15, 0.2) is 0 Å². The minimum atomic E-state index is 0.220. The summed E-state index contributed by atoms with van der Waals surface area (Å²) in [5.74, 6) is 0. The molecule has 0 rings (SSSR count). The fourth-order valence-electron chi connectivity index (χ4n) is 2.29. The van der Waals surface area contributed by atoms with E-state index >= 15 is 0 Å². The molecule has 0 radical (unpaired) electrons. The summed E-state index contributed by atoms with van der Waals surface area (Å²) >= 11 is 2.54. The summed E-state index contributed by atoms with van der Waals surface area (Å²) in [4.78, 5) is 10.7. The Labute approximate surface area is 122 Å². The van der Waals surface area contributed by atoms with Crippen molar-refractivity contribution < 1.29 is 4.79 Å². The van der Waals surface area contributed by atoms with Crippen LogP contribution in [0.25, 0.3) is 0 Å². The van der Waals surface area contributed by atoms with E-state index in [1.165, 1.54) is 77.0 Å². The topological polar surface area (TPSA) is 17.1 Å². The van der Waals surface area contributed by atoms with Crippen molar-refractivity contribution in [1.29, 1.82) is 0 Å². The second kappa shape index (κ2) is 15.2. The molecule has 0 fully saturated rings. The summed E-state index contributed by atoms with van der Waals surface area (Å²) in [6, 6.07) is 0. The van der Waals surface area contributed by atoms with Crippen LogP contribution in [0.1, 0.15) is 96.8 Å². The Hall–Kier alpha value is 0.189. The van der Waals surface area contributed by atoms with Crippen LogP contribution in [0, 0.1) is 0 Å². The van der Waals surface area contributed by atoms with Gasteiger partial charge in [-0.1, -0.05) is 26.2 Å². The molecule has 0 aromatic heterocycles. The predicted molar refractivity (Wildman–Crippen MR) is 81.1 cm³/mol. The molecule has 0 aromatic rings. The average Bonchev–Trinajstić information content (AvgIpc) is 2.34. The zero-order valence-electron chi connectivity index (χ0n) is 12.2. The van der Waals surface area contributed by atoms with Gasteiger partial charge in [-0.3, -0.25) is 0 Å². The number of hydrogen-bond acceptors (Lipinski definition) is 1. The maximum atomic E-state index is 10.7. The minimum absolute atomic E-state index is 0.220. The molecule has 0 bridgehead atoms. The van der Waals surface area contributed by atoms with Gasteiger partial charge in [0, 0.05) is 0 Å². The summed E-state index contributed by atoms with van der Waals surface area (Å²) in [7, 11) is 0. The molecule has 0 atom stereocenters. The summed E-state index contributed by atoms with van der Waals surface area (Å²) in [6.45, 7) is 2.27. The molecule has 1 nitrogen and oxygen atoms in total. The number of rotatable bonds is 14. The number of hydrogen-bond donors (Lipinski definition) is 0. The second-order valence-electron chi connectivity index (χ2n) is 5.36. The third-order valence-corrected chi connectivity index (χ3v) is 3.91. The molecule has 0 aliphatic carbocycles. The Morgan fingerprint density at radius 2 is 1.00 bits per heavy atom. The first-order valence-electron chi connectivity index (χ1n) is 7.97. The molecule has 0 aliphatic rings. The van der Waals surface area contributed by atoms with Gasteiger partial charge in [0.05, 0.1) is 0 Å². The molecule has 0 aromatic carbocycles. The molecule has 0 saturated heterocycles. The van der Waals surface area contributed by atoms with E-state index in [4.69, 9.17) is 0 Å². The first kappa shape index (κ1) is 18.2. The van der Waals surface area contributed by atoms with Crippen molar-refractivity contribution in [2.75, 3.05) is 0 Å². The molecule has 0 spiro atoms. The normalized spacial score (nSPS) is 10.7. The molecule has 0 aliphatic heterocycles. The number of unbranched alkanes of at least 4 members (excludes halogenated alkanes) is 12. The summed E-state index contributed by atoms with van der Waals surface area (Å²) < 4.78 is 0.220. The van der Waals surface area contributed by atoms with Gasteiger partial charge in [0.15, 0.2) is 0 Å². The third-order valence-electron chi connectivity index (χ3n) is 3.48. The van der Waals surface area contributed by atoms with Crippen molar-refractivity contribution in [3.8, 4) is 0 Å². The van der Waals surface area contributed by atoms with Crippen LogP contribution in [-0.2, 0) is 4.79 Å². The molecule has 18 heavy (non-hydrogen) atoms. The molecular formula is C16H31OSe-. The standard InChI is InChI=1S/C16H32OSe/c1-2-3-4-5-6-7-8-9-10-11-12-13-14-15-16(17)18/h2-15H2,1H3,(H,17,18)/p-1. The Kier molecular flexibility index (Phi) is 15.4. The Morgan fingerprint density at radius 1 is 0.667 bits per heavy atom. The van der Waals surface area contributed by atoms with Crippen LogP contribution in [0.4, 0.5) is 0 Å². The third kappa shape index (κ3) is 16.2. The zero-order chi connectivity index (χ0) is 13.5. The van der Waals surface area contributed by atoms with E-state index in [9.17, 15) is 4.79 Å². The van der Waals surface area contributed by atoms with Gasteiger partial charge in [0.1, 0.15) is 0 Å². The molecular weight excluding hydrogens is 287 g/mol. The fourth-order valence-corrected chi connectivity index (χ4v) is 2.59. The van der Waals surface area contributed by atoms with Gasteiger partial charge >= 0.3 is 96.1 Å².